The molecular formula is C12H11Br2NO. The summed E-state index contributed by atoms with van der Waals surface area (Å²) in [6, 6.07) is 5.99. The van der Waals surface area contributed by atoms with Crippen molar-refractivity contribution in [2.75, 3.05) is 0 Å². The number of alkyl halides is 1. The van der Waals surface area contributed by atoms with Crippen LogP contribution in [0, 0.1) is 6.92 Å². The number of rotatable bonds is 3. The van der Waals surface area contributed by atoms with Gasteiger partial charge in [-0.2, -0.15) is 0 Å². The van der Waals surface area contributed by atoms with E-state index in [-0.39, 0.29) is 4.83 Å². The van der Waals surface area contributed by atoms with Gasteiger partial charge in [0.05, 0.1) is 6.26 Å². The van der Waals surface area contributed by atoms with Gasteiger partial charge in [0, 0.05) is 28.7 Å². The van der Waals surface area contributed by atoms with Crippen molar-refractivity contribution >= 4 is 31.9 Å². The van der Waals surface area contributed by atoms with Crippen LogP contribution in [0.2, 0.25) is 0 Å². The number of nitrogens with zero attached hydrogens (tertiary/aromatic N) is 1. The molecule has 2 nitrogen and oxygen atoms in total. The maximum Gasteiger partial charge on any atom is 0.173 e. The van der Waals surface area contributed by atoms with E-state index in [1.165, 1.54) is 5.56 Å². The van der Waals surface area contributed by atoms with Crippen LogP contribution in [-0.2, 0) is 6.42 Å². The van der Waals surface area contributed by atoms with E-state index in [4.69, 9.17) is 4.42 Å². The molecule has 0 fully saturated rings. The largest absolute Gasteiger partial charge is 0.457 e. The number of halogens is 2. The average Bonchev–Trinajstić information content (AvgIpc) is 2.68. The summed E-state index contributed by atoms with van der Waals surface area (Å²) in [5.74, 6) is 0. The molecule has 2 rings (SSSR count). The Morgan fingerprint density at radius 3 is 2.88 bits per heavy atom. The lowest BCUT2D eigenvalue weighted by molar-refractivity contribution is 0.536. The van der Waals surface area contributed by atoms with E-state index in [1.807, 2.05) is 18.3 Å². The molecule has 0 N–H and O–H groups in total. The first kappa shape index (κ1) is 11.9. The SMILES string of the molecule is Cc1cccnc1CC(Br)c1ccoc1Br. The maximum atomic E-state index is 5.22. The van der Waals surface area contributed by atoms with Crippen LogP contribution < -0.4 is 0 Å². The standard InChI is InChI=1S/C12H11Br2NO/c1-8-3-2-5-15-11(8)7-10(13)9-4-6-16-12(9)14/h2-6,10H,7H2,1H3. The monoisotopic (exact) mass is 343 g/mol. The predicted octanol–water partition coefficient (Wildman–Crippen LogP) is 4.42. The lowest BCUT2D eigenvalue weighted by Gasteiger charge is -2.09. The first-order valence-electron chi connectivity index (χ1n) is 4.96. The minimum atomic E-state index is 0.217. The summed E-state index contributed by atoms with van der Waals surface area (Å²) in [6.07, 6.45) is 4.36. The summed E-state index contributed by atoms with van der Waals surface area (Å²) in [5.41, 5.74) is 3.44. The fourth-order valence-electron chi connectivity index (χ4n) is 1.54. The van der Waals surface area contributed by atoms with Crippen LogP contribution in [-0.4, -0.2) is 4.98 Å². The minimum absolute atomic E-state index is 0.217. The van der Waals surface area contributed by atoms with Gasteiger partial charge < -0.3 is 4.42 Å². The molecule has 2 heterocycles. The number of aryl methyl sites for hydroxylation is 1. The highest BCUT2D eigenvalue weighted by Crippen LogP contribution is 2.33. The van der Waals surface area contributed by atoms with Crippen molar-refractivity contribution in [3.63, 3.8) is 0 Å². The third kappa shape index (κ3) is 2.55. The number of aromatic nitrogens is 1. The van der Waals surface area contributed by atoms with E-state index in [0.29, 0.717) is 0 Å². The molecule has 0 bridgehead atoms. The van der Waals surface area contributed by atoms with Crippen molar-refractivity contribution in [3.8, 4) is 0 Å². The molecule has 2 aromatic heterocycles. The molecule has 2 aromatic rings. The van der Waals surface area contributed by atoms with Crippen molar-refractivity contribution in [2.24, 2.45) is 0 Å². The molecule has 0 saturated carbocycles. The van der Waals surface area contributed by atoms with Gasteiger partial charge in [0.2, 0.25) is 0 Å². The zero-order valence-corrected chi connectivity index (χ0v) is 12.0. The van der Waals surface area contributed by atoms with Gasteiger partial charge in [-0.1, -0.05) is 22.0 Å². The highest BCUT2D eigenvalue weighted by molar-refractivity contribution is 9.10. The van der Waals surface area contributed by atoms with Crippen molar-refractivity contribution < 1.29 is 4.42 Å². The van der Waals surface area contributed by atoms with Crippen molar-refractivity contribution in [3.05, 3.63) is 52.1 Å². The lowest BCUT2D eigenvalue weighted by atomic mass is 10.1. The van der Waals surface area contributed by atoms with E-state index >= 15 is 0 Å². The van der Waals surface area contributed by atoms with Crippen LogP contribution in [0.4, 0.5) is 0 Å². The molecule has 16 heavy (non-hydrogen) atoms. The normalized spacial score (nSPS) is 12.7. The smallest absolute Gasteiger partial charge is 0.173 e. The van der Waals surface area contributed by atoms with E-state index < -0.39 is 0 Å². The Bertz CT molecular complexity index is 481. The quantitative estimate of drug-likeness (QED) is 0.770. The summed E-state index contributed by atoms with van der Waals surface area (Å²) < 4.78 is 6.00. The van der Waals surface area contributed by atoms with Gasteiger partial charge in [-0.15, -0.1) is 0 Å². The van der Waals surface area contributed by atoms with E-state index in [2.05, 4.69) is 49.8 Å². The minimum Gasteiger partial charge on any atom is -0.457 e. The van der Waals surface area contributed by atoms with E-state index in [0.717, 1.165) is 22.3 Å². The summed E-state index contributed by atoms with van der Waals surface area (Å²) in [4.78, 5) is 4.60. The predicted molar refractivity (Wildman–Crippen MR) is 70.8 cm³/mol. The first-order chi connectivity index (χ1) is 7.68. The van der Waals surface area contributed by atoms with Gasteiger partial charge in [-0.3, -0.25) is 4.98 Å². The summed E-state index contributed by atoms with van der Waals surface area (Å²) in [6.45, 7) is 2.08. The number of furan rings is 1. The maximum absolute atomic E-state index is 5.22. The molecule has 0 aliphatic heterocycles. The lowest BCUT2D eigenvalue weighted by Crippen LogP contribution is -1.99. The van der Waals surface area contributed by atoms with E-state index in [9.17, 15) is 0 Å². The Morgan fingerprint density at radius 1 is 1.44 bits per heavy atom. The van der Waals surface area contributed by atoms with Crippen LogP contribution in [0.3, 0.4) is 0 Å². The van der Waals surface area contributed by atoms with Gasteiger partial charge >= 0.3 is 0 Å². The van der Waals surface area contributed by atoms with Crippen molar-refractivity contribution in [1.29, 1.82) is 0 Å². The van der Waals surface area contributed by atoms with Crippen LogP contribution in [0.1, 0.15) is 21.6 Å². The van der Waals surface area contributed by atoms with Gasteiger partial charge in [-0.25, -0.2) is 0 Å². The number of hydrogen-bond acceptors (Lipinski definition) is 2. The topological polar surface area (TPSA) is 26.0 Å². The molecule has 1 unspecified atom stereocenters. The second-order valence-corrected chi connectivity index (χ2v) is 5.41. The number of pyridine rings is 1. The molecule has 0 aromatic carbocycles. The Hall–Kier alpha value is -0.610. The molecule has 0 spiro atoms. The van der Waals surface area contributed by atoms with Gasteiger partial charge in [0.15, 0.2) is 4.67 Å². The molecule has 84 valence electrons. The van der Waals surface area contributed by atoms with Crippen molar-refractivity contribution in [2.45, 2.75) is 18.2 Å². The highest BCUT2D eigenvalue weighted by Gasteiger charge is 2.15. The fraction of sp³-hybridized carbons (Fsp3) is 0.250. The fourth-order valence-corrected chi connectivity index (χ4v) is 3.03. The zero-order chi connectivity index (χ0) is 11.5. The summed E-state index contributed by atoms with van der Waals surface area (Å²) in [5, 5.41) is 0. The van der Waals surface area contributed by atoms with Crippen LogP contribution >= 0.6 is 31.9 Å². The third-order valence-electron chi connectivity index (χ3n) is 2.47. The summed E-state index contributed by atoms with van der Waals surface area (Å²) in [7, 11) is 0. The van der Waals surface area contributed by atoms with Gasteiger partial charge in [0.1, 0.15) is 0 Å². The Balaban J connectivity index is 2.17. The average molecular weight is 345 g/mol. The molecule has 1 atom stereocenters. The molecule has 0 saturated heterocycles. The second kappa shape index (κ2) is 5.15. The number of hydrogen-bond donors (Lipinski definition) is 0. The first-order valence-corrected chi connectivity index (χ1v) is 6.67. The third-order valence-corrected chi connectivity index (χ3v) is 3.94. The Labute approximate surface area is 111 Å². The molecule has 0 aliphatic carbocycles. The Morgan fingerprint density at radius 2 is 2.25 bits per heavy atom. The van der Waals surface area contributed by atoms with Crippen LogP contribution in [0.15, 0.2) is 39.7 Å². The zero-order valence-electron chi connectivity index (χ0n) is 8.78. The van der Waals surface area contributed by atoms with Crippen LogP contribution in [0.25, 0.3) is 0 Å². The van der Waals surface area contributed by atoms with E-state index in [1.54, 1.807) is 6.26 Å². The highest BCUT2D eigenvalue weighted by atomic mass is 79.9. The molecule has 0 radical (unpaired) electrons. The second-order valence-electron chi connectivity index (χ2n) is 3.59. The van der Waals surface area contributed by atoms with Gasteiger partial charge in [-0.05, 0) is 40.5 Å². The molecule has 0 aliphatic rings. The Kier molecular flexibility index (Phi) is 3.82. The van der Waals surface area contributed by atoms with Crippen molar-refractivity contribution in [1.82, 2.24) is 4.98 Å². The summed E-state index contributed by atoms with van der Waals surface area (Å²) >= 11 is 7.04. The molecule has 4 heteroatoms. The van der Waals surface area contributed by atoms with Crippen LogP contribution in [0.5, 0.6) is 0 Å². The van der Waals surface area contributed by atoms with Gasteiger partial charge in [0.25, 0.3) is 0 Å². The molecular weight excluding hydrogens is 334 g/mol. The molecule has 0 amide bonds.